The van der Waals surface area contributed by atoms with Gasteiger partial charge in [0.25, 0.3) is 0 Å². The van der Waals surface area contributed by atoms with Crippen molar-refractivity contribution >= 4 is 9.24 Å². The Morgan fingerprint density at radius 1 is 0.778 bits per heavy atom. The highest BCUT2D eigenvalue weighted by Crippen LogP contribution is 2.62. The molecule has 0 radical (unpaired) electrons. The summed E-state index contributed by atoms with van der Waals surface area (Å²) < 4.78 is 0. The number of rotatable bonds is 2. The minimum Gasteiger partial charge on any atom is -0.130 e. The normalized spacial score (nSPS) is 42.9. The van der Waals surface area contributed by atoms with Gasteiger partial charge in [-0.05, 0) is 77.3 Å². The molecule has 0 aromatic heterocycles. The maximum absolute atomic E-state index is 3.45. The fourth-order valence-corrected chi connectivity index (χ4v) is 7.83. The van der Waals surface area contributed by atoms with Crippen LogP contribution in [0.15, 0.2) is 30.3 Å². The van der Waals surface area contributed by atoms with Crippen molar-refractivity contribution in [3.63, 3.8) is 0 Å². The number of hydrogen-bond acceptors (Lipinski definition) is 0. The second-order valence-electron chi connectivity index (χ2n) is 11.5. The highest BCUT2D eigenvalue weighted by Gasteiger charge is 2.55. The summed E-state index contributed by atoms with van der Waals surface area (Å²) in [7, 11) is 3.45. The molecule has 3 unspecified atom stereocenters. The van der Waals surface area contributed by atoms with Gasteiger partial charge in [-0.25, -0.2) is 0 Å². The van der Waals surface area contributed by atoms with E-state index in [4.69, 9.17) is 0 Å². The van der Waals surface area contributed by atoms with Gasteiger partial charge >= 0.3 is 0 Å². The van der Waals surface area contributed by atoms with E-state index in [0.717, 1.165) is 11.8 Å². The van der Waals surface area contributed by atoms with Crippen LogP contribution in [-0.2, 0) is 5.41 Å². The number of hydrogen-bond donors (Lipinski definition) is 0. The van der Waals surface area contributed by atoms with Gasteiger partial charge in [0.1, 0.15) is 0 Å². The van der Waals surface area contributed by atoms with E-state index in [2.05, 4.69) is 81.1 Å². The molecule has 0 bridgehead atoms. The summed E-state index contributed by atoms with van der Waals surface area (Å²) in [5, 5.41) is 0.392. The van der Waals surface area contributed by atoms with Crippen molar-refractivity contribution in [3.8, 4) is 0 Å². The van der Waals surface area contributed by atoms with Crippen molar-refractivity contribution in [1.29, 1.82) is 0 Å². The summed E-state index contributed by atoms with van der Waals surface area (Å²) in [5.41, 5.74) is 2.87. The fraction of sp³-hybridized carbons (Fsp3) is 0.769. The van der Waals surface area contributed by atoms with E-state index in [0.29, 0.717) is 21.4 Å². The molecule has 0 N–H and O–H groups in total. The first-order valence-corrected chi connectivity index (χ1v) is 11.9. The van der Waals surface area contributed by atoms with Crippen LogP contribution in [0.5, 0.6) is 0 Å². The van der Waals surface area contributed by atoms with Crippen molar-refractivity contribution in [2.75, 3.05) is 0 Å². The van der Waals surface area contributed by atoms with E-state index in [9.17, 15) is 0 Å². The highest BCUT2D eigenvalue weighted by molar-refractivity contribution is 7.19. The molecule has 0 heterocycles. The number of benzene rings is 1. The Kier molecular flexibility index (Phi) is 5.92. The van der Waals surface area contributed by atoms with Crippen LogP contribution in [0, 0.1) is 22.7 Å². The van der Waals surface area contributed by atoms with Crippen LogP contribution in [0.4, 0.5) is 0 Å². The molecule has 0 nitrogen and oxygen atoms in total. The molecule has 0 aliphatic heterocycles. The molecule has 0 amide bonds. The van der Waals surface area contributed by atoms with E-state index in [1.807, 2.05) is 0 Å². The van der Waals surface area contributed by atoms with Crippen LogP contribution in [0.25, 0.3) is 0 Å². The quantitative estimate of drug-likeness (QED) is 0.451. The van der Waals surface area contributed by atoms with Crippen molar-refractivity contribution < 1.29 is 0 Å². The van der Waals surface area contributed by atoms with E-state index >= 15 is 0 Å². The minimum absolute atomic E-state index is 0.364. The molecule has 2 fully saturated rings. The Balaban J connectivity index is 1.79. The zero-order valence-corrected chi connectivity index (χ0v) is 19.9. The molecule has 1 aromatic carbocycles. The van der Waals surface area contributed by atoms with Crippen LogP contribution < -0.4 is 0 Å². The van der Waals surface area contributed by atoms with Crippen molar-refractivity contribution in [1.82, 2.24) is 0 Å². The molecule has 152 valence electrons. The Bertz CT molecular complexity index is 605. The Hall–Kier alpha value is -0.350. The molecule has 3 atom stereocenters. The molecular weight excluding hydrogens is 343 g/mol. The van der Waals surface area contributed by atoms with Gasteiger partial charge in [-0.15, -0.1) is 9.24 Å². The summed E-state index contributed by atoms with van der Waals surface area (Å²) in [4.78, 5) is 0. The molecule has 3 rings (SSSR count). The summed E-state index contributed by atoms with van der Waals surface area (Å²) in [5.74, 6) is 1.57. The second-order valence-corrected chi connectivity index (χ2v) is 12.5. The third-order valence-corrected chi connectivity index (χ3v) is 10.6. The molecule has 1 heteroatoms. The molecule has 1 aromatic rings. The minimum atomic E-state index is 0.364. The van der Waals surface area contributed by atoms with Crippen LogP contribution in [-0.4, -0.2) is 5.16 Å². The summed E-state index contributed by atoms with van der Waals surface area (Å²) >= 11 is 0. The zero-order chi connectivity index (χ0) is 19.9. The highest BCUT2D eigenvalue weighted by atomic mass is 31.0. The smallest absolute Gasteiger partial charge is 0.00452 e. The lowest BCUT2D eigenvalue weighted by atomic mass is 9.52. The monoisotopic (exact) mass is 386 g/mol. The molecule has 2 aliphatic rings. The van der Waals surface area contributed by atoms with Crippen LogP contribution in [0.2, 0.25) is 0 Å². The third-order valence-electron chi connectivity index (χ3n) is 8.78. The Morgan fingerprint density at radius 2 is 1.26 bits per heavy atom. The first kappa shape index (κ1) is 21.4. The van der Waals surface area contributed by atoms with Crippen molar-refractivity contribution in [2.24, 2.45) is 22.7 Å². The van der Waals surface area contributed by atoms with Gasteiger partial charge in [-0.3, -0.25) is 0 Å². The van der Waals surface area contributed by atoms with Gasteiger partial charge in [0.05, 0.1) is 0 Å². The molecule has 2 saturated carbocycles. The van der Waals surface area contributed by atoms with Gasteiger partial charge in [0.15, 0.2) is 0 Å². The van der Waals surface area contributed by atoms with E-state index in [1.54, 1.807) is 5.56 Å². The van der Waals surface area contributed by atoms with Gasteiger partial charge in [-0.2, -0.15) is 0 Å². The Morgan fingerprint density at radius 3 is 1.74 bits per heavy atom. The van der Waals surface area contributed by atoms with Gasteiger partial charge in [0.2, 0.25) is 0 Å². The summed E-state index contributed by atoms with van der Waals surface area (Å²) in [6.07, 6.45) is 10.9. The summed E-state index contributed by atoms with van der Waals surface area (Å²) in [6, 6.07) is 11.3. The van der Waals surface area contributed by atoms with Crippen molar-refractivity contribution in [2.45, 2.75) is 103 Å². The second kappa shape index (κ2) is 7.48. The first-order valence-electron chi connectivity index (χ1n) is 11.4. The van der Waals surface area contributed by atoms with Crippen LogP contribution in [0.3, 0.4) is 0 Å². The van der Waals surface area contributed by atoms with E-state index in [1.165, 1.54) is 51.4 Å². The predicted molar refractivity (Wildman–Crippen MR) is 123 cm³/mol. The lowest BCUT2D eigenvalue weighted by molar-refractivity contribution is 0.000922. The van der Waals surface area contributed by atoms with Gasteiger partial charge in [0, 0.05) is 0 Å². The topological polar surface area (TPSA) is 0 Å². The average Bonchev–Trinajstić information content (AvgIpc) is 2.58. The third kappa shape index (κ3) is 3.90. The first-order chi connectivity index (χ1) is 12.5. The van der Waals surface area contributed by atoms with E-state index in [-0.39, 0.29) is 0 Å². The fourth-order valence-electron chi connectivity index (χ4n) is 7.30. The lowest BCUT2D eigenvalue weighted by Crippen LogP contribution is -2.56. The van der Waals surface area contributed by atoms with Crippen LogP contribution in [0.1, 0.15) is 98.5 Å². The Labute approximate surface area is 171 Å². The molecule has 27 heavy (non-hydrogen) atoms. The average molecular weight is 387 g/mol. The molecule has 2 aliphatic carbocycles. The van der Waals surface area contributed by atoms with Gasteiger partial charge < -0.3 is 0 Å². The lowest BCUT2D eigenvalue weighted by Gasteiger charge is -2.60. The SMILES string of the molecule is CC1CC(C)(C)CC(C)C1(P)C1(C)CCCC(C)(c2ccccc2)CCC1. The predicted octanol–water partition coefficient (Wildman–Crippen LogP) is 8.01. The maximum Gasteiger partial charge on any atom is -0.00452 e. The molecule has 0 saturated heterocycles. The summed E-state index contributed by atoms with van der Waals surface area (Å²) in [6.45, 7) is 15.2. The van der Waals surface area contributed by atoms with E-state index < -0.39 is 0 Å². The van der Waals surface area contributed by atoms with Gasteiger partial charge in [-0.1, -0.05) is 84.7 Å². The standard InChI is InChI=1S/C26H43P/c1-20-18-23(3,4)19-21(2)26(20,27)25(6)16-10-14-24(5,15-11-17-25)22-12-8-7-9-13-22/h7-9,12-13,20-21H,10-11,14-19,27H2,1-6H3. The largest absolute Gasteiger partial charge is 0.130 e. The molecule has 0 spiro atoms. The van der Waals surface area contributed by atoms with Crippen LogP contribution >= 0.6 is 9.24 Å². The van der Waals surface area contributed by atoms with Crippen molar-refractivity contribution in [3.05, 3.63) is 35.9 Å². The zero-order valence-electron chi connectivity index (χ0n) is 18.8. The maximum atomic E-state index is 3.45. The molecular formula is C26H43P.